The van der Waals surface area contributed by atoms with Crippen molar-refractivity contribution in [1.82, 2.24) is 4.90 Å². The van der Waals surface area contributed by atoms with Gasteiger partial charge in [0.05, 0.1) is 0 Å². The maximum atomic E-state index is 12.8. The third-order valence-electron chi connectivity index (χ3n) is 3.67. The van der Waals surface area contributed by atoms with Crippen LogP contribution in [0.5, 0.6) is 5.75 Å². The van der Waals surface area contributed by atoms with Gasteiger partial charge in [0.2, 0.25) is 0 Å². The lowest BCUT2D eigenvalue weighted by Crippen LogP contribution is -2.43. The Balaban J connectivity index is 1.74. The van der Waals surface area contributed by atoms with Crippen LogP contribution in [0.25, 0.3) is 0 Å². The number of hydrogen-bond donors (Lipinski definition) is 1. The number of hydrogen-bond acceptors (Lipinski definition) is 3. The summed E-state index contributed by atoms with van der Waals surface area (Å²) in [5, 5.41) is 10.0. The average Bonchev–Trinajstić information content (AvgIpc) is 2.37. The molecule has 1 N–H and O–H groups in total. The van der Waals surface area contributed by atoms with Crippen molar-refractivity contribution >= 4 is 0 Å². The van der Waals surface area contributed by atoms with E-state index in [4.69, 9.17) is 4.74 Å². The van der Waals surface area contributed by atoms with E-state index in [1.807, 2.05) is 0 Å². The first-order valence-corrected chi connectivity index (χ1v) is 7.31. The van der Waals surface area contributed by atoms with Crippen LogP contribution in [-0.2, 0) is 0 Å². The molecular formula is C16H24FNO2. The van der Waals surface area contributed by atoms with Crippen molar-refractivity contribution in [2.24, 2.45) is 11.8 Å². The van der Waals surface area contributed by atoms with E-state index in [-0.39, 0.29) is 12.4 Å². The van der Waals surface area contributed by atoms with E-state index in [1.54, 1.807) is 12.1 Å². The fourth-order valence-corrected chi connectivity index (χ4v) is 3.02. The Morgan fingerprint density at radius 1 is 1.25 bits per heavy atom. The number of halogens is 1. The van der Waals surface area contributed by atoms with E-state index in [0.29, 0.717) is 24.1 Å². The second-order valence-corrected chi connectivity index (χ2v) is 6.08. The standard InChI is InChI=1S/C16H24FNO2/c1-12-7-13(2)9-18(8-12)10-15(19)11-20-16-5-3-14(17)4-6-16/h3-6,12-13,15,19H,7-11H2,1-2H3/t12-,13-,15-/m1/s1. The molecule has 3 nitrogen and oxygen atoms in total. The lowest BCUT2D eigenvalue weighted by molar-refractivity contribution is 0.0429. The molecule has 1 aromatic rings. The minimum atomic E-state index is -0.516. The van der Waals surface area contributed by atoms with Crippen LogP contribution in [0.4, 0.5) is 4.39 Å². The van der Waals surface area contributed by atoms with Crippen molar-refractivity contribution in [3.8, 4) is 5.75 Å². The van der Waals surface area contributed by atoms with Crippen molar-refractivity contribution in [3.63, 3.8) is 0 Å². The first kappa shape index (κ1) is 15.3. The van der Waals surface area contributed by atoms with Gasteiger partial charge in [-0.15, -0.1) is 0 Å². The van der Waals surface area contributed by atoms with Gasteiger partial charge in [0.15, 0.2) is 0 Å². The molecule has 1 aromatic carbocycles. The van der Waals surface area contributed by atoms with Gasteiger partial charge in [-0.25, -0.2) is 4.39 Å². The Morgan fingerprint density at radius 3 is 2.45 bits per heavy atom. The molecule has 1 heterocycles. The van der Waals surface area contributed by atoms with Crippen LogP contribution in [0.1, 0.15) is 20.3 Å². The molecule has 0 amide bonds. The lowest BCUT2D eigenvalue weighted by Gasteiger charge is -2.35. The Labute approximate surface area is 120 Å². The van der Waals surface area contributed by atoms with Crippen LogP contribution in [-0.4, -0.2) is 42.4 Å². The minimum absolute atomic E-state index is 0.241. The number of β-amino-alcohol motifs (C(OH)–C–C–N with tert-alkyl or cyclic N) is 1. The van der Waals surface area contributed by atoms with E-state index in [0.717, 1.165) is 13.1 Å². The van der Waals surface area contributed by atoms with Crippen molar-refractivity contribution < 1.29 is 14.2 Å². The van der Waals surface area contributed by atoms with Gasteiger partial charge in [-0.1, -0.05) is 13.8 Å². The molecule has 0 aromatic heterocycles. The normalized spacial score (nSPS) is 25.4. The number of aliphatic hydroxyl groups excluding tert-OH is 1. The predicted octanol–water partition coefficient (Wildman–Crippen LogP) is 2.54. The van der Waals surface area contributed by atoms with Crippen molar-refractivity contribution in [3.05, 3.63) is 30.1 Å². The summed E-state index contributed by atoms with van der Waals surface area (Å²) in [5.74, 6) is 1.67. The molecule has 1 aliphatic rings. The number of likely N-dealkylation sites (tertiary alicyclic amines) is 1. The maximum Gasteiger partial charge on any atom is 0.123 e. The van der Waals surface area contributed by atoms with E-state index >= 15 is 0 Å². The number of piperidine rings is 1. The summed E-state index contributed by atoms with van der Waals surface area (Å²) in [4.78, 5) is 2.30. The molecule has 0 bridgehead atoms. The van der Waals surface area contributed by atoms with Crippen LogP contribution >= 0.6 is 0 Å². The molecule has 0 unspecified atom stereocenters. The molecule has 0 spiro atoms. The molecule has 0 radical (unpaired) electrons. The molecule has 1 aliphatic heterocycles. The van der Waals surface area contributed by atoms with Gasteiger partial charge in [-0.05, 0) is 42.5 Å². The Kier molecular flexibility index (Phi) is 5.38. The van der Waals surface area contributed by atoms with Gasteiger partial charge >= 0.3 is 0 Å². The molecule has 20 heavy (non-hydrogen) atoms. The number of aliphatic hydroxyl groups is 1. The van der Waals surface area contributed by atoms with Crippen LogP contribution in [0.3, 0.4) is 0 Å². The minimum Gasteiger partial charge on any atom is -0.491 e. The fraction of sp³-hybridized carbons (Fsp3) is 0.625. The first-order valence-electron chi connectivity index (χ1n) is 7.31. The van der Waals surface area contributed by atoms with Crippen LogP contribution in [0.15, 0.2) is 24.3 Å². The molecule has 4 heteroatoms. The first-order chi connectivity index (χ1) is 9.52. The second-order valence-electron chi connectivity index (χ2n) is 6.08. The van der Waals surface area contributed by atoms with Gasteiger partial charge in [0, 0.05) is 19.6 Å². The highest BCUT2D eigenvalue weighted by molar-refractivity contribution is 5.22. The third-order valence-corrected chi connectivity index (χ3v) is 3.67. The van der Waals surface area contributed by atoms with Gasteiger partial charge in [-0.3, -0.25) is 0 Å². The third kappa shape index (κ3) is 4.76. The molecule has 1 saturated heterocycles. The quantitative estimate of drug-likeness (QED) is 0.900. The highest BCUT2D eigenvalue weighted by Gasteiger charge is 2.23. The maximum absolute atomic E-state index is 12.8. The summed E-state index contributed by atoms with van der Waals surface area (Å²) in [6.07, 6.45) is 0.746. The monoisotopic (exact) mass is 281 g/mol. The highest BCUT2D eigenvalue weighted by atomic mass is 19.1. The molecule has 0 aliphatic carbocycles. The molecule has 3 atom stereocenters. The van der Waals surface area contributed by atoms with Gasteiger partial charge in [0.1, 0.15) is 24.3 Å². The zero-order valence-corrected chi connectivity index (χ0v) is 12.3. The molecule has 112 valence electrons. The lowest BCUT2D eigenvalue weighted by atomic mass is 9.92. The smallest absolute Gasteiger partial charge is 0.123 e. The average molecular weight is 281 g/mol. The SMILES string of the molecule is C[C@@H]1C[C@@H](C)CN(C[C@@H](O)COc2ccc(F)cc2)C1. The van der Waals surface area contributed by atoms with Gasteiger partial charge in [-0.2, -0.15) is 0 Å². The number of nitrogens with zero attached hydrogens (tertiary/aromatic N) is 1. The van der Waals surface area contributed by atoms with E-state index in [1.165, 1.54) is 18.6 Å². The molecule has 1 fully saturated rings. The fourth-order valence-electron chi connectivity index (χ4n) is 3.02. The molecular weight excluding hydrogens is 257 g/mol. The summed E-state index contributed by atoms with van der Waals surface area (Å²) in [6, 6.07) is 5.87. The summed E-state index contributed by atoms with van der Waals surface area (Å²) in [6.45, 7) is 7.46. The summed E-state index contributed by atoms with van der Waals surface area (Å²) < 4.78 is 18.2. The van der Waals surface area contributed by atoms with Crippen LogP contribution < -0.4 is 4.74 Å². The second kappa shape index (κ2) is 7.04. The van der Waals surface area contributed by atoms with Crippen LogP contribution in [0, 0.1) is 17.7 Å². The summed E-state index contributed by atoms with van der Waals surface area (Å²) in [7, 11) is 0. The summed E-state index contributed by atoms with van der Waals surface area (Å²) in [5.41, 5.74) is 0. The zero-order valence-electron chi connectivity index (χ0n) is 12.3. The number of rotatable bonds is 5. The predicted molar refractivity (Wildman–Crippen MR) is 77.3 cm³/mol. The molecule has 2 rings (SSSR count). The van der Waals surface area contributed by atoms with E-state index in [9.17, 15) is 9.50 Å². The van der Waals surface area contributed by atoms with Crippen LogP contribution in [0.2, 0.25) is 0 Å². The number of benzene rings is 1. The Morgan fingerprint density at radius 2 is 1.85 bits per heavy atom. The van der Waals surface area contributed by atoms with E-state index in [2.05, 4.69) is 18.7 Å². The van der Waals surface area contributed by atoms with Crippen molar-refractivity contribution in [1.29, 1.82) is 0 Å². The Bertz CT molecular complexity index is 399. The van der Waals surface area contributed by atoms with E-state index < -0.39 is 6.10 Å². The van der Waals surface area contributed by atoms with Gasteiger partial charge in [0.25, 0.3) is 0 Å². The largest absolute Gasteiger partial charge is 0.491 e. The highest BCUT2D eigenvalue weighted by Crippen LogP contribution is 2.21. The topological polar surface area (TPSA) is 32.7 Å². The van der Waals surface area contributed by atoms with Gasteiger partial charge < -0.3 is 14.7 Å². The number of ether oxygens (including phenoxy) is 1. The summed E-state index contributed by atoms with van der Waals surface area (Å²) >= 11 is 0. The van der Waals surface area contributed by atoms with Crippen molar-refractivity contribution in [2.75, 3.05) is 26.2 Å². The molecule has 0 saturated carbocycles. The Hall–Kier alpha value is -1.13. The zero-order chi connectivity index (χ0) is 14.5. The van der Waals surface area contributed by atoms with Crippen molar-refractivity contribution in [2.45, 2.75) is 26.4 Å².